The number of nitrogens with two attached hydrogens (primary N) is 1. The summed E-state index contributed by atoms with van der Waals surface area (Å²) in [5.41, 5.74) is 6.36. The molecule has 1 rings (SSSR count). The van der Waals surface area contributed by atoms with E-state index in [0.717, 1.165) is 25.9 Å². The van der Waals surface area contributed by atoms with E-state index >= 15 is 0 Å². The van der Waals surface area contributed by atoms with Crippen molar-refractivity contribution in [1.82, 2.24) is 4.90 Å². The molecule has 1 saturated heterocycles. The Morgan fingerprint density at radius 3 is 2.28 bits per heavy atom. The third-order valence-corrected chi connectivity index (χ3v) is 5.83. The van der Waals surface area contributed by atoms with E-state index in [1.807, 2.05) is 11.8 Å². The van der Waals surface area contributed by atoms with Gasteiger partial charge in [0.2, 0.25) is 0 Å². The van der Waals surface area contributed by atoms with Crippen LogP contribution in [-0.4, -0.2) is 40.5 Å². The van der Waals surface area contributed by atoms with Crippen LogP contribution in [0.15, 0.2) is 0 Å². The molecule has 2 nitrogen and oxygen atoms in total. The summed E-state index contributed by atoms with van der Waals surface area (Å²) in [5, 5.41) is 0. The zero-order chi connectivity index (χ0) is 13.8. The molecule has 0 amide bonds. The van der Waals surface area contributed by atoms with Crippen molar-refractivity contribution in [2.24, 2.45) is 11.1 Å². The summed E-state index contributed by atoms with van der Waals surface area (Å²) >= 11 is 7.08. The Morgan fingerprint density at radius 2 is 1.89 bits per heavy atom. The fourth-order valence-electron chi connectivity index (χ4n) is 2.52. The Labute approximate surface area is 122 Å². The third kappa shape index (κ3) is 4.71. The molecule has 4 heteroatoms. The minimum Gasteiger partial charge on any atom is -0.392 e. The van der Waals surface area contributed by atoms with Gasteiger partial charge in [-0.3, -0.25) is 0 Å². The van der Waals surface area contributed by atoms with Gasteiger partial charge in [0.15, 0.2) is 0 Å². The molecule has 0 aromatic carbocycles. The largest absolute Gasteiger partial charge is 0.392 e. The summed E-state index contributed by atoms with van der Waals surface area (Å²) in [6.45, 7) is 10.4. The molecule has 0 aromatic heterocycles. The fraction of sp³-hybridized carbons (Fsp3) is 0.929. The van der Waals surface area contributed by atoms with Crippen molar-refractivity contribution in [2.75, 3.05) is 25.9 Å². The average Bonchev–Trinajstić information content (AvgIpc) is 2.28. The normalized spacial score (nSPS) is 20.9. The number of thiocarbonyl (C=S) groups is 1. The topological polar surface area (TPSA) is 29.3 Å². The lowest BCUT2D eigenvalue weighted by Gasteiger charge is -2.40. The van der Waals surface area contributed by atoms with Crippen LogP contribution in [0.25, 0.3) is 0 Å². The lowest BCUT2D eigenvalue weighted by molar-refractivity contribution is 0.205. The number of hydrogen-bond acceptors (Lipinski definition) is 3. The Kier molecular flexibility index (Phi) is 5.94. The first-order valence-electron chi connectivity index (χ1n) is 6.86. The molecule has 0 saturated carbocycles. The molecule has 1 aliphatic heterocycles. The van der Waals surface area contributed by atoms with Gasteiger partial charge in [-0.25, -0.2) is 0 Å². The van der Waals surface area contributed by atoms with Crippen LogP contribution in [0.3, 0.4) is 0 Å². The number of piperidine rings is 1. The van der Waals surface area contributed by atoms with Crippen molar-refractivity contribution in [3.63, 3.8) is 0 Å². The average molecular weight is 289 g/mol. The maximum atomic E-state index is 5.91. The van der Waals surface area contributed by atoms with Gasteiger partial charge in [0.1, 0.15) is 0 Å². The second-order valence-corrected chi connectivity index (χ2v) is 8.20. The summed E-state index contributed by atoms with van der Waals surface area (Å²) in [6, 6.07) is 0. The monoisotopic (exact) mass is 288 g/mol. The van der Waals surface area contributed by atoms with Crippen LogP contribution in [0.5, 0.6) is 0 Å². The van der Waals surface area contributed by atoms with Gasteiger partial charge < -0.3 is 10.6 Å². The summed E-state index contributed by atoms with van der Waals surface area (Å²) in [4.78, 5) is 3.27. The molecule has 0 unspecified atom stereocenters. The maximum absolute atomic E-state index is 5.91. The van der Waals surface area contributed by atoms with Gasteiger partial charge in [-0.05, 0) is 57.0 Å². The van der Waals surface area contributed by atoms with Crippen molar-refractivity contribution in [2.45, 2.75) is 51.2 Å². The van der Waals surface area contributed by atoms with Gasteiger partial charge in [-0.2, -0.15) is 11.8 Å². The second kappa shape index (κ2) is 6.58. The van der Waals surface area contributed by atoms with Crippen molar-refractivity contribution in [3.8, 4) is 0 Å². The number of likely N-dealkylation sites (tertiary alicyclic amines) is 1. The molecule has 18 heavy (non-hydrogen) atoms. The Morgan fingerprint density at radius 1 is 1.33 bits per heavy atom. The Balaban J connectivity index is 2.33. The van der Waals surface area contributed by atoms with Crippen molar-refractivity contribution in [1.29, 1.82) is 0 Å². The van der Waals surface area contributed by atoms with E-state index in [1.54, 1.807) is 0 Å². The maximum Gasteiger partial charge on any atom is 0.0891 e. The molecule has 1 aliphatic rings. The van der Waals surface area contributed by atoms with Crippen molar-refractivity contribution >= 4 is 29.0 Å². The quantitative estimate of drug-likeness (QED) is 0.786. The summed E-state index contributed by atoms with van der Waals surface area (Å²) in [6.07, 6.45) is 6.95. The number of rotatable bonds is 5. The Bertz CT molecular complexity index is 276. The molecule has 1 heterocycles. The zero-order valence-electron chi connectivity index (χ0n) is 12.3. The first-order valence-corrected chi connectivity index (χ1v) is 8.50. The molecule has 0 aromatic rings. The van der Waals surface area contributed by atoms with Crippen molar-refractivity contribution < 1.29 is 0 Å². The van der Waals surface area contributed by atoms with E-state index in [-0.39, 0.29) is 4.75 Å². The first-order chi connectivity index (χ1) is 8.29. The number of hydrogen-bond donors (Lipinski definition) is 1. The highest BCUT2D eigenvalue weighted by molar-refractivity contribution is 8.02. The van der Waals surface area contributed by atoms with E-state index in [2.05, 4.69) is 31.9 Å². The van der Waals surface area contributed by atoms with E-state index in [0.29, 0.717) is 10.4 Å². The van der Waals surface area contributed by atoms with Crippen LogP contribution in [0.1, 0.15) is 46.5 Å². The summed E-state index contributed by atoms with van der Waals surface area (Å²) < 4.78 is 0.0653. The minimum absolute atomic E-state index is 0.0653. The lowest BCUT2D eigenvalue weighted by Crippen LogP contribution is -2.49. The fourth-order valence-corrected chi connectivity index (χ4v) is 3.77. The molecule has 1 fully saturated rings. The number of nitrogens with zero attached hydrogens (tertiary/aromatic N) is 1. The highest BCUT2D eigenvalue weighted by atomic mass is 32.2. The molecule has 0 radical (unpaired) electrons. The zero-order valence-corrected chi connectivity index (χ0v) is 13.9. The molecule has 0 spiro atoms. The lowest BCUT2D eigenvalue weighted by atomic mass is 9.90. The van der Waals surface area contributed by atoms with E-state index < -0.39 is 0 Å². The van der Waals surface area contributed by atoms with Gasteiger partial charge in [0.05, 0.1) is 9.74 Å². The third-order valence-electron chi connectivity index (χ3n) is 3.90. The molecular formula is C14H28N2S2. The minimum atomic E-state index is 0.0653. The Hall–Kier alpha value is 0.200. The van der Waals surface area contributed by atoms with Crippen LogP contribution in [0.2, 0.25) is 0 Å². The van der Waals surface area contributed by atoms with Gasteiger partial charge in [-0.1, -0.05) is 33.0 Å². The highest BCUT2D eigenvalue weighted by Gasteiger charge is 2.36. The summed E-state index contributed by atoms with van der Waals surface area (Å²) in [7, 11) is 0. The molecular weight excluding hydrogens is 260 g/mol. The van der Waals surface area contributed by atoms with E-state index in [1.165, 1.54) is 19.4 Å². The van der Waals surface area contributed by atoms with Crippen LogP contribution in [-0.2, 0) is 0 Å². The first kappa shape index (κ1) is 16.3. The predicted molar refractivity (Wildman–Crippen MR) is 87.4 cm³/mol. The van der Waals surface area contributed by atoms with E-state index in [9.17, 15) is 0 Å². The molecule has 2 N–H and O–H groups in total. The molecule has 0 aliphatic carbocycles. The van der Waals surface area contributed by atoms with Gasteiger partial charge in [0.25, 0.3) is 0 Å². The summed E-state index contributed by atoms with van der Waals surface area (Å²) in [5.74, 6) is 0. The predicted octanol–water partition coefficient (Wildman–Crippen LogP) is 3.30. The van der Waals surface area contributed by atoms with Gasteiger partial charge in [0, 0.05) is 0 Å². The number of thioether (sulfide) groups is 1. The molecule has 0 atom stereocenters. The van der Waals surface area contributed by atoms with Crippen molar-refractivity contribution in [3.05, 3.63) is 0 Å². The second-order valence-electron chi connectivity index (χ2n) is 6.57. The van der Waals surface area contributed by atoms with Crippen LogP contribution < -0.4 is 5.73 Å². The highest BCUT2D eigenvalue weighted by Crippen LogP contribution is 2.35. The van der Waals surface area contributed by atoms with E-state index in [4.69, 9.17) is 18.0 Å². The van der Waals surface area contributed by atoms with Crippen LogP contribution >= 0.6 is 24.0 Å². The molecule has 106 valence electrons. The SMILES string of the molecule is CSC1(C(N)=S)CCN(CCCC(C)(C)C)CC1. The van der Waals surface area contributed by atoms with Crippen LogP contribution in [0.4, 0.5) is 0 Å². The molecule has 0 bridgehead atoms. The van der Waals surface area contributed by atoms with Crippen LogP contribution in [0, 0.1) is 5.41 Å². The van der Waals surface area contributed by atoms with Gasteiger partial charge in [-0.15, -0.1) is 0 Å². The smallest absolute Gasteiger partial charge is 0.0891 e. The van der Waals surface area contributed by atoms with Gasteiger partial charge >= 0.3 is 0 Å². The standard InChI is InChI=1S/C14H28N2S2/c1-13(2,3)6-5-9-16-10-7-14(18-4,8-11-16)12(15)17/h5-11H2,1-4H3,(H2,15,17).